The Kier molecular flexibility index (Phi) is 7.27. The average Bonchev–Trinajstić information content (AvgIpc) is 2.60. The van der Waals surface area contributed by atoms with E-state index in [4.69, 9.17) is 18.9 Å². The molecule has 2 heterocycles. The first-order valence-electron chi connectivity index (χ1n) is 7.95. The molecule has 0 radical (unpaired) electrons. The van der Waals surface area contributed by atoms with Crippen molar-refractivity contribution in [2.75, 3.05) is 13.2 Å². The van der Waals surface area contributed by atoms with Crippen molar-refractivity contribution in [1.29, 1.82) is 0 Å². The van der Waals surface area contributed by atoms with Crippen molar-refractivity contribution < 1.29 is 59.5 Å². The number of aliphatic hydroxyl groups excluding tert-OH is 7. The van der Waals surface area contributed by atoms with Gasteiger partial charge in [0.1, 0.15) is 55.4 Å². The van der Waals surface area contributed by atoms with Gasteiger partial charge in [-0.25, -0.2) is 0 Å². The van der Waals surface area contributed by atoms with Gasteiger partial charge in [-0.3, -0.25) is 4.79 Å². The topological polar surface area (TPSA) is 196 Å². The Hall–Kier alpha value is -0.930. The van der Waals surface area contributed by atoms with Crippen molar-refractivity contribution in [1.82, 2.24) is 0 Å². The van der Waals surface area contributed by atoms with Crippen molar-refractivity contribution >= 4 is 5.97 Å². The number of aliphatic hydroxyl groups is 7. The number of carbonyl (C=O) groups excluding carboxylic acids is 1. The quantitative estimate of drug-likeness (QED) is 0.224. The Bertz CT molecular complexity index is 475. The maximum Gasteiger partial charge on any atom is 0.302 e. The molecule has 0 bridgehead atoms. The maximum absolute atomic E-state index is 10.9. The summed E-state index contributed by atoms with van der Waals surface area (Å²) >= 11 is 0. The van der Waals surface area contributed by atoms with Crippen LogP contribution in [0, 0.1) is 0 Å². The van der Waals surface area contributed by atoms with Crippen LogP contribution in [0.15, 0.2) is 0 Å². The Morgan fingerprint density at radius 3 is 1.88 bits per heavy atom. The Labute approximate surface area is 148 Å². The van der Waals surface area contributed by atoms with Crippen molar-refractivity contribution in [2.24, 2.45) is 0 Å². The van der Waals surface area contributed by atoms with E-state index in [1.807, 2.05) is 0 Å². The number of rotatable bonds is 5. The first-order chi connectivity index (χ1) is 12.1. The van der Waals surface area contributed by atoms with E-state index in [0.29, 0.717) is 0 Å². The van der Waals surface area contributed by atoms with E-state index < -0.39 is 80.6 Å². The molecule has 0 amide bonds. The molecular formula is C14H24O12. The van der Waals surface area contributed by atoms with Gasteiger partial charge in [0, 0.05) is 6.92 Å². The summed E-state index contributed by atoms with van der Waals surface area (Å²) in [5.41, 5.74) is 0. The first kappa shape index (κ1) is 21.4. The predicted octanol–water partition coefficient (Wildman–Crippen LogP) is -4.83. The molecule has 152 valence electrons. The molecule has 26 heavy (non-hydrogen) atoms. The van der Waals surface area contributed by atoms with Gasteiger partial charge in [-0.1, -0.05) is 0 Å². The van der Waals surface area contributed by atoms with Gasteiger partial charge in [0.05, 0.1) is 6.61 Å². The fraction of sp³-hybridized carbons (Fsp3) is 0.929. The second-order valence-electron chi connectivity index (χ2n) is 6.19. The van der Waals surface area contributed by atoms with Crippen LogP contribution >= 0.6 is 0 Å². The van der Waals surface area contributed by atoms with E-state index in [-0.39, 0.29) is 0 Å². The van der Waals surface area contributed by atoms with Crippen LogP contribution in [0.1, 0.15) is 6.92 Å². The third-order valence-electron chi connectivity index (χ3n) is 4.23. The Morgan fingerprint density at radius 1 is 0.769 bits per heavy atom. The summed E-state index contributed by atoms with van der Waals surface area (Å²) in [6.07, 6.45) is -15.6. The molecule has 2 rings (SSSR count). The monoisotopic (exact) mass is 384 g/mol. The van der Waals surface area contributed by atoms with Gasteiger partial charge in [0.2, 0.25) is 0 Å². The lowest BCUT2D eigenvalue weighted by Crippen LogP contribution is -2.61. The average molecular weight is 384 g/mol. The second kappa shape index (κ2) is 8.84. The van der Waals surface area contributed by atoms with E-state index in [2.05, 4.69) is 0 Å². The zero-order chi connectivity index (χ0) is 19.6. The van der Waals surface area contributed by atoms with Gasteiger partial charge in [-0.2, -0.15) is 0 Å². The van der Waals surface area contributed by atoms with E-state index in [1.54, 1.807) is 0 Å². The molecule has 2 fully saturated rings. The zero-order valence-corrected chi connectivity index (χ0v) is 13.9. The molecule has 12 nitrogen and oxygen atoms in total. The van der Waals surface area contributed by atoms with Crippen LogP contribution in [-0.4, -0.2) is 116 Å². The molecule has 2 aliphatic heterocycles. The number of ether oxygens (including phenoxy) is 4. The van der Waals surface area contributed by atoms with Crippen LogP contribution < -0.4 is 0 Å². The Balaban J connectivity index is 1.95. The summed E-state index contributed by atoms with van der Waals surface area (Å²) in [7, 11) is 0. The van der Waals surface area contributed by atoms with E-state index in [9.17, 15) is 40.5 Å². The fourth-order valence-electron chi connectivity index (χ4n) is 2.65. The van der Waals surface area contributed by atoms with Crippen molar-refractivity contribution in [3.63, 3.8) is 0 Å². The highest BCUT2D eigenvalue weighted by atomic mass is 16.7. The molecule has 2 aliphatic rings. The lowest BCUT2D eigenvalue weighted by molar-refractivity contribution is -0.326. The van der Waals surface area contributed by atoms with Crippen molar-refractivity contribution in [3.05, 3.63) is 0 Å². The number of carbonyl (C=O) groups is 1. The molecular weight excluding hydrogens is 360 g/mol. The largest absolute Gasteiger partial charge is 0.463 e. The first-order valence-corrected chi connectivity index (χ1v) is 7.95. The predicted molar refractivity (Wildman–Crippen MR) is 78.2 cm³/mol. The fourth-order valence-corrected chi connectivity index (χ4v) is 2.65. The standard InChI is InChI=1S/C14H24O12/c1-4(15)23-2-6-8(17)10(19)12(21)14(26-6)24-3-5-7(16)9(18)11(20)13(22)25-5/h5-14,16-22H,2-3H2,1H3. The van der Waals surface area contributed by atoms with E-state index in [1.165, 1.54) is 0 Å². The van der Waals surface area contributed by atoms with Crippen LogP contribution in [0.3, 0.4) is 0 Å². The van der Waals surface area contributed by atoms with Gasteiger partial charge in [-0.15, -0.1) is 0 Å². The molecule has 0 aliphatic carbocycles. The van der Waals surface area contributed by atoms with E-state index in [0.717, 1.165) is 6.92 Å². The maximum atomic E-state index is 10.9. The van der Waals surface area contributed by atoms with E-state index >= 15 is 0 Å². The Morgan fingerprint density at radius 2 is 1.31 bits per heavy atom. The van der Waals surface area contributed by atoms with Gasteiger partial charge in [0.25, 0.3) is 0 Å². The molecule has 10 unspecified atom stereocenters. The summed E-state index contributed by atoms with van der Waals surface area (Å²) < 4.78 is 20.1. The summed E-state index contributed by atoms with van der Waals surface area (Å²) in [4.78, 5) is 10.9. The molecule has 10 atom stereocenters. The number of hydrogen-bond donors (Lipinski definition) is 7. The van der Waals surface area contributed by atoms with Crippen LogP contribution in [0.25, 0.3) is 0 Å². The van der Waals surface area contributed by atoms with Crippen LogP contribution in [0.2, 0.25) is 0 Å². The molecule has 7 N–H and O–H groups in total. The zero-order valence-electron chi connectivity index (χ0n) is 13.9. The minimum Gasteiger partial charge on any atom is -0.463 e. The highest BCUT2D eigenvalue weighted by Gasteiger charge is 2.47. The van der Waals surface area contributed by atoms with Gasteiger partial charge < -0.3 is 54.7 Å². The summed E-state index contributed by atoms with van der Waals surface area (Å²) in [5.74, 6) is -0.640. The number of hydrogen-bond acceptors (Lipinski definition) is 12. The summed E-state index contributed by atoms with van der Waals surface area (Å²) in [5, 5.41) is 68.0. The second-order valence-corrected chi connectivity index (χ2v) is 6.19. The summed E-state index contributed by atoms with van der Waals surface area (Å²) in [6, 6.07) is 0. The number of esters is 1. The molecule has 0 saturated carbocycles. The lowest BCUT2D eigenvalue weighted by Gasteiger charge is -2.42. The smallest absolute Gasteiger partial charge is 0.302 e. The van der Waals surface area contributed by atoms with Crippen molar-refractivity contribution in [2.45, 2.75) is 68.3 Å². The molecule has 0 aromatic carbocycles. The molecule has 0 aromatic rings. The van der Waals surface area contributed by atoms with Crippen LogP contribution in [0.5, 0.6) is 0 Å². The molecule has 0 aromatic heterocycles. The normalized spacial score (nSPS) is 46.8. The highest BCUT2D eigenvalue weighted by Crippen LogP contribution is 2.25. The minimum absolute atomic E-state index is 0.397. The van der Waals surface area contributed by atoms with Gasteiger partial charge >= 0.3 is 5.97 Å². The third kappa shape index (κ3) is 4.67. The van der Waals surface area contributed by atoms with Crippen molar-refractivity contribution in [3.8, 4) is 0 Å². The third-order valence-corrected chi connectivity index (χ3v) is 4.23. The molecule has 2 saturated heterocycles. The highest BCUT2D eigenvalue weighted by molar-refractivity contribution is 5.65. The van der Waals surface area contributed by atoms with Crippen LogP contribution in [-0.2, 0) is 23.7 Å². The van der Waals surface area contributed by atoms with Gasteiger partial charge in [-0.05, 0) is 0 Å². The minimum atomic E-state index is -1.76. The summed E-state index contributed by atoms with van der Waals surface area (Å²) in [6.45, 7) is 0.250. The lowest BCUT2D eigenvalue weighted by atomic mass is 9.98. The molecule has 12 heteroatoms. The van der Waals surface area contributed by atoms with Gasteiger partial charge in [0.15, 0.2) is 12.6 Å². The molecule has 0 spiro atoms. The van der Waals surface area contributed by atoms with Crippen LogP contribution in [0.4, 0.5) is 0 Å². The SMILES string of the molecule is CC(=O)OCC1OC(OCC2OC(O)C(O)C(O)C2O)C(O)C(O)C1O.